The third-order valence-electron chi connectivity index (χ3n) is 2.79. The molecule has 0 atom stereocenters. The maximum absolute atomic E-state index is 13.7. The van der Waals surface area contributed by atoms with Gasteiger partial charge in [0.05, 0.1) is 4.47 Å². The Balaban J connectivity index is 1.97. The summed E-state index contributed by atoms with van der Waals surface area (Å²) in [4.78, 5) is 11.7. The van der Waals surface area contributed by atoms with E-state index < -0.39 is 11.9 Å². The summed E-state index contributed by atoms with van der Waals surface area (Å²) in [6, 6.07) is 12.5. The van der Waals surface area contributed by atoms with Gasteiger partial charge in [-0.2, -0.15) is 0 Å². The van der Waals surface area contributed by atoms with Crippen molar-refractivity contribution in [3.8, 4) is 0 Å². The normalized spacial score (nSPS) is 10.2. The smallest absolute Gasteiger partial charge is 0.411 e. The SMILES string of the molecule is Cc1c(NC(=O)OCc2ccccc2)ccc(Br)c1F. The molecule has 2 rings (SSSR count). The predicted molar refractivity (Wildman–Crippen MR) is 79.1 cm³/mol. The molecule has 1 amide bonds. The second kappa shape index (κ2) is 6.52. The number of hydrogen-bond acceptors (Lipinski definition) is 2. The minimum atomic E-state index is -0.612. The predicted octanol–water partition coefficient (Wildman–Crippen LogP) is 4.65. The van der Waals surface area contributed by atoms with Gasteiger partial charge in [0.2, 0.25) is 0 Å². The molecule has 2 aromatic carbocycles. The number of rotatable bonds is 3. The highest BCUT2D eigenvalue weighted by molar-refractivity contribution is 9.10. The maximum Gasteiger partial charge on any atom is 0.411 e. The molecule has 0 bridgehead atoms. The van der Waals surface area contributed by atoms with Crippen molar-refractivity contribution in [2.24, 2.45) is 0 Å². The quantitative estimate of drug-likeness (QED) is 0.885. The second-order valence-electron chi connectivity index (χ2n) is 4.22. The summed E-state index contributed by atoms with van der Waals surface area (Å²) < 4.78 is 19.1. The molecule has 0 saturated heterocycles. The fourth-order valence-electron chi connectivity index (χ4n) is 1.66. The zero-order chi connectivity index (χ0) is 14.5. The molecule has 1 N–H and O–H groups in total. The molecule has 0 spiro atoms. The molecule has 104 valence electrons. The van der Waals surface area contributed by atoms with E-state index in [0.29, 0.717) is 15.7 Å². The number of carbonyl (C=O) groups is 1. The molecule has 0 radical (unpaired) electrons. The zero-order valence-electron chi connectivity index (χ0n) is 10.8. The van der Waals surface area contributed by atoms with E-state index in [4.69, 9.17) is 4.74 Å². The Kier molecular flexibility index (Phi) is 4.74. The molecule has 0 saturated carbocycles. The van der Waals surface area contributed by atoms with Gasteiger partial charge in [-0.3, -0.25) is 5.32 Å². The van der Waals surface area contributed by atoms with Crippen LogP contribution in [-0.2, 0) is 11.3 Å². The van der Waals surface area contributed by atoms with Gasteiger partial charge in [-0.1, -0.05) is 30.3 Å². The molecule has 0 unspecified atom stereocenters. The molecule has 0 aliphatic heterocycles. The van der Waals surface area contributed by atoms with Crippen LogP contribution in [0, 0.1) is 12.7 Å². The molecule has 20 heavy (non-hydrogen) atoms. The third kappa shape index (κ3) is 3.57. The van der Waals surface area contributed by atoms with E-state index in [1.807, 2.05) is 30.3 Å². The van der Waals surface area contributed by atoms with Crippen LogP contribution in [0.2, 0.25) is 0 Å². The average Bonchev–Trinajstić information content (AvgIpc) is 2.47. The summed E-state index contributed by atoms with van der Waals surface area (Å²) >= 11 is 3.09. The molecule has 5 heteroatoms. The van der Waals surface area contributed by atoms with Gasteiger partial charge >= 0.3 is 6.09 Å². The Labute approximate surface area is 124 Å². The van der Waals surface area contributed by atoms with Crippen molar-refractivity contribution >= 4 is 27.7 Å². The van der Waals surface area contributed by atoms with Crippen LogP contribution in [0.25, 0.3) is 0 Å². The molecular weight excluding hydrogens is 325 g/mol. The lowest BCUT2D eigenvalue weighted by Gasteiger charge is -2.10. The molecule has 0 heterocycles. The lowest BCUT2D eigenvalue weighted by Crippen LogP contribution is -2.14. The van der Waals surface area contributed by atoms with Crippen molar-refractivity contribution < 1.29 is 13.9 Å². The molecule has 2 aromatic rings. The van der Waals surface area contributed by atoms with Gasteiger partial charge < -0.3 is 4.74 Å². The van der Waals surface area contributed by atoms with Gasteiger partial charge in [0.1, 0.15) is 12.4 Å². The van der Waals surface area contributed by atoms with Crippen molar-refractivity contribution in [1.29, 1.82) is 0 Å². The fourth-order valence-corrected chi connectivity index (χ4v) is 2.09. The summed E-state index contributed by atoms with van der Waals surface area (Å²) in [5, 5.41) is 2.53. The topological polar surface area (TPSA) is 38.3 Å². The third-order valence-corrected chi connectivity index (χ3v) is 3.40. The summed E-state index contributed by atoms with van der Waals surface area (Å²) in [5.74, 6) is -0.397. The highest BCUT2D eigenvalue weighted by atomic mass is 79.9. The molecule has 0 fully saturated rings. The van der Waals surface area contributed by atoms with E-state index in [0.717, 1.165) is 5.56 Å². The van der Waals surface area contributed by atoms with Crippen LogP contribution in [0.3, 0.4) is 0 Å². The van der Waals surface area contributed by atoms with Crippen LogP contribution in [0.15, 0.2) is 46.9 Å². The van der Waals surface area contributed by atoms with E-state index in [9.17, 15) is 9.18 Å². The minimum Gasteiger partial charge on any atom is -0.444 e. The van der Waals surface area contributed by atoms with E-state index in [-0.39, 0.29) is 6.61 Å². The Morgan fingerprint density at radius 2 is 1.95 bits per heavy atom. The van der Waals surface area contributed by atoms with Crippen molar-refractivity contribution in [2.45, 2.75) is 13.5 Å². The molecule has 0 aromatic heterocycles. The van der Waals surface area contributed by atoms with Crippen molar-refractivity contribution in [3.63, 3.8) is 0 Å². The number of halogens is 2. The van der Waals surface area contributed by atoms with Crippen molar-refractivity contribution in [2.75, 3.05) is 5.32 Å². The number of anilines is 1. The standard InChI is InChI=1S/C15H13BrFNO2/c1-10-13(8-7-12(16)14(10)17)18-15(19)20-9-11-5-3-2-4-6-11/h2-8H,9H2,1H3,(H,18,19). The summed E-state index contributed by atoms with van der Waals surface area (Å²) in [5.41, 5.74) is 1.64. The van der Waals surface area contributed by atoms with E-state index in [1.165, 1.54) is 6.07 Å². The van der Waals surface area contributed by atoms with E-state index >= 15 is 0 Å². The van der Waals surface area contributed by atoms with E-state index in [1.54, 1.807) is 13.0 Å². The number of amides is 1. The van der Waals surface area contributed by atoms with Gasteiger partial charge in [-0.25, -0.2) is 9.18 Å². The zero-order valence-corrected chi connectivity index (χ0v) is 12.4. The lowest BCUT2D eigenvalue weighted by molar-refractivity contribution is 0.155. The van der Waals surface area contributed by atoms with Crippen LogP contribution < -0.4 is 5.32 Å². The molecule has 3 nitrogen and oxygen atoms in total. The number of carbonyl (C=O) groups excluding carboxylic acids is 1. The highest BCUT2D eigenvalue weighted by Crippen LogP contribution is 2.25. The van der Waals surface area contributed by atoms with E-state index in [2.05, 4.69) is 21.2 Å². The van der Waals surface area contributed by atoms with Crippen LogP contribution in [0.1, 0.15) is 11.1 Å². The summed E-state index contributed by atoms with van der Waals surface area (Å²) in [6.45, 7) is 1.76. The molecule has 0 aliphatic rings. The van der Waals surface area contributed by atoms with Gasteiger partial charge in [0, 0.05) is 11.3 Å². The number of ether oxygens (including phenoxy) is 1. The summed E-state index contributed by atoms with van der Waals surface area (Å²) in [6.07, 6.45) is -0.612. The first-order chi connectivity index (χ1) is 9.58. The minimum absolute atomic E-state index is 0.171. The molecular formula is C15H13BrFNO2. The number of benzene rings is 2. The second-order valence-corrected chi connectivity index (χ2v) is 5.07. The Hall–Kier alpha value is -1.88. The van der Waals surface area contributed by atoms with Gasteiger partial charge in [0.15, 0.2) is 0 Å². The Bertz CT molecular complexity index is 617. The van der Waals surface area contributed by atoms with Crippen molar-refractivity contribution in [1.82, 2.24) is 0 Å². The van der Waals surface area contributed by atoms with Gasteiger partial charge in [-0.15, -0.1) is 0 Å². The summed E-state index contributed by atoms with van der Waals surface area (Å²) in [7, 11) is 0. The largest absolute Gasteiger partial charge is 0.444 e. The van der Waals surface area contributed by atoms with Crippen LogP contribution >= 0.6 is 15.9 Å². The average molecular weight is 338 g/mol. The fraction of sp³-hybridized carbons (Fsp3) is 0.133. The maximum atomic E-state index is 13.7. The Morgan fingerprint density at radius 3 is 2.65 bits per heavy atom. The number of hydrogen-bond donors (Lipinski definition) is 1. The van der Waals surface area contributed by atoms with Gasteiger partial charge in [-0.05, 0) is 40.5 Å². The number of nitrogens with one attached hydrogen (secondary N) is 1. The first-order valence-electron chi connectivity index (χ1n) is 6.00. The highest BCUT2D eigenvalue weighted by Gasteiger charge is 2.11. The van der Waals surface area contributed by atoms with Gasteiger partial charge in [0.25, 0.3) is 0 Å². The van der Waals surface area contributed by atoms with Crippen LogP contribution in [-0.4, -0.2) is 6.09 Å². The van der Waals surface area contributed by atoms with Crippen LogP contribution in [0.4, 0.5) is 14.9 Å². The monoisotopic (exact) mass is 337 g/mol. The Morgan fingerprint density at radius 1 is 1.25 bits per heavy atom. The molecule has 0 aliphatic carbocycles. The lowest BCUT2D eigenvalue weighted by atomic mass is 10.2. The van der Waals surface area contributed by atoms with Crippen molar-refractivity contribution in [3.05, 3.63) is 63.9 Å². The van der Waals surface area contributed by atoms with Crippen LogP contribution in [0.5, 0.6) is 0 Å². The first kappa shape index (κ1) is 14.5. The first-order valence-corrected chi connectivity index (χ1v) is 6.79.